The average Bonchev–Trinajstić information content (AvgIpc) is 2.74. The van der Waals surface area contributed by atoms with Gasteiger partial charge in [-0.05, 0) is 61.1 Å². The number of hydrogen-bond acceptors (Lipinski definition) is 3. The van der Waals surface area contributed by atoms with E-state index in [9.17, 15) is 0 Å². The predicted molar refractivity (Wildman–Crippen MR) is 129 cm³/mol. The maximum absolute atomic E-state index is 5.07. The molecule has 3 nitrogen and oxygen atoms in total. The van der Waals surface area contributed by atoms with Crippen molar-refractivity contribution in [2.45, 2.75) is 53.4 Å². The van der Waals surface area contributed by atoms with Crippen LogP contribution in [-0.4, -0.2) is 16.4 Å². The molecule has 154 valence electrons. The predicted octanol–water partition coefficient (Wildman–Crippen LogP) is 7.61. The summed E-state index contributed by atoms with van der Waals surface area (Å²) in [4.78, 5) is 14.6. The molecule has 0 aliphatic heterocycles. The van der Waals surface area contributed by atoms with Crippen molar-refractivity contribution in [2.75, 3.05) is 0 Å². The summed E-state index contributed by atoms with van der Waals surface area (Å²) in [5, 5.41) is 0. The molecule has 3 rings (SSSR count). The van der Waals surface area contributed by atoms with Gasteiger partial charge in [-0.3, -0.25) is 9.98 Å². The smallest absolute Gasteiger partial charge is 0.0849 e. The second-order valence-corrected chi connectivity index (χ2v) is 8.23. The third kappa shape index (κ3) is 5.10. The van der Waals surface area contributed by atoms with Crippen molar-refractivity contribution >= 4 is 22.8 Å². The van der Waals surface area contributed by atoms with E-state index in [-0.39, 0.29) is 0 Å². The van der Waals surface area contributed by atoms with E-state index in [0.29, 0.717) is 11.8 Å². The number of benzene rings is 2. The molecule has 1 heterocycles. The Balaban J connectivity index is 2.01. The van der Waals surface area contributed by atoms with Gasteiger partial charge in [-0.15, -0.1) is 0 Å². The van der Waals surface area contributed by atoms with E-state index in [1.54, 1.807) is 0 Å². The van der Waals surface area contributed by atoms with Crippen LogP contribution in [0.25, 0.3) is 0 Å². The van der Waals surface area contributed by atoms with Gasteiger partial charge >= 0.3 is 0 Å². The molecule has 2 aromatic carbocycles. The second kappa shape index (κ2) is 9.62. The molecular formula is C27H31N3. The molecule has 0 saturated heterocycles. The number of para-hydroxylation sites is 2. The van der Waals surface area contributed by atoms with E-state index >= 15 is 0 Å². The van der Waals surface area contributed by atoms with Gasteiger partial charge in [0, 0.05) is 0 Å². The molecule has 1 aromatic heterocycles. The zero-order valence-electron chi connectivity index (χ0n) is 18.8. The molecule has 0 N–H and O–H groups in total. The van der Waals surface area contributed by atoms with Crippen LogP contribution < -0.4 is 0 Å². The highest BCUT2D eigenvalue weighted by Gasteiger charge is 2.14. The summed E-state index contributed by atoms with van der Waals surface area (Å²) >= 11 is 0. The lowest BCUT2D eigenvalue weighted by molar-refractivity contribution is 0.834. The second-order valence-electron chi connectivity index (χ2n) is 8.23. The summed E-state index contributed by atoms with van der Waals surface area (Å²) in [5.74, 6) is 0.824. The van der Waals surface area contributed by atoms with Crippen molar-refractivity contribution in [3.05, 3.63) is 89.2 Å². The molecule has 3 heteroatoms. The maximum Gasteiger partial charge on any atom is 0.0849 e. The van der Waals surface area contributed by atoms with Crippen molar-refractivity contribution in [1.29, 1.82) is 0 Å². The lowest BCUT2D eigenvalue weighted by atomic mass is 9.93. The first-order chi connectivity index (χ1) is 14.4. The van der Waals surface area contributed by atoms with Crippen LogP contribution in [0.4, 0.5) is 11.4 Å². The van der Waals surface area contributed by atoms with E-state index in [0.717, 1.165) is 34.2 Å². The molecule has 0 aliphatic carbocycles. The van der Waals surface area contributed by atoms with Crippen LogP contribution in [-0.2, 0) is 0 Å². The SMILES string of the molecule is C/C(=N\c1ccccc1)c1cccc(/C(C)=N/c2c(C(C)C)cccc2C(C)C)n1. The third-order valence-electron chi connectivity index (χ3n) is 5.17. The van der Waals surface area contributed by atoms with Gasteiger partial charge in [0.15, 0.2) is 0 Å². The first-order valence-corrected chi connectivity index (χ1v) is 10.6. The molecule has 0 amide bonds. The van der Waals surface area contributed by atoms with E-state index in [4.69, 9.17) is 15.0 Å². The Hall–Kier alpha value is -3.07. The minimum Gasteiger partial charge on any atom is -0.252 e. The van der Waals surface area contributed by atoms with Crippen LogP contribution in [0, 0.1) is 0 Å². The first kappa shape index (κ1) is 21.6. The Morgan fingerprint density at radius 3 is 1.67 bits per heavy atom. The Morgan fingerprint density at radius 2 is 1.13 bits per heavy atom. The topological polar surface area (TPSA) is 37.6 Å². The van der Waals surface area contributed by atoms with Crippen molar-refractivity contribution < 1.29 is 0 Å². The lowest BCUT2D eigenvalue weighted by Crippen LogP contribution is -2.05. The van der Waals surface area contributed by atoms with Crippen molar-refractivity contribution in [2.24, 2.45) is 9.98 Å². The number of rotatable bonds is 6. The van der Waals surface area contributed by atoms with Gasteiger partial charge in [-0.1, -0.05) is 70.2 Å². The number of pyridine rings is 1. The fourth-order valence-electron chi connectivity index (χ4n) is 3.46. The van der Waals surface area contributed by atoms with Gasteiger partial charge in [0.1, 0.15) is 0 Å². The molecule has 30 heavy (non-hydrogen) atoms. The first-order valence-electron chi connectivity index (χ1n) is 10.6. The minimum atomic E-state index is 0.412. The van der Waals surface area contributed by atoms with Crippen molar-refractivity contribution in [1.82, 2.24) is 4.98 Å². The standard InChI is InChI=1S/C27H31N3/c1-18(2)23-14-10-15-24(19(3)4)27(23)29-21(6)26-17-11-16-25(30-26)20(5)28-22-12-8-7-9-13-22/h7-19H,1-6H3/b28-20+,29-21+. The fraction of sp³-hybridized carbons (Fsp3) is 0.296. The Kier molecular flexibility index (Phi) is 6.94. The van der Waals surface area contributed by atoms with Gasteiger partial charge in [-0.25, -0.2) is 4.98 Å². The molecule has 0 aliphatic rings. The minimum absolute atomic E-state index is 0.412. The van der Waals surface area contributed by atoms with Crippen LogP contribution in [0.1, 0.15) is 75.9 Å². The van der Waals surface area contributed by atoms with E-state index < -0.39 is 0 Å². The number of aliphatic imine (C=N–C) groups is 2. The molecule has 0 fully saturated rings. The summed E-state index contributed by atoms with van der Waals surface area (Å²) in [7, 11) is 0. The summed E-state index contributed by atoms with van der Waals surface area (Å²) in [5.41, 5.74) is 8.12. The fourth-order valence-corrected chi connectivity index (χ4v) is 3.46. The highest BCUT2D eigenvalue weighted by Crippen LogP contribution is 2.35. The van der Waals surface area contributed by atoms with Gasteiger partial charge in [0.25, 0.3) is 0 Å². The molecule has 0 spiro atoms. The zero-order chi connectivity index (χ0) is 21.7. The van der Waals surface area contributed by atoms with Gasteiger partial charge in [0.05, 0.1) is 34.2 Å². The van der Waals surface area contributed by atoms with Gasteiger partial charge in [-0.2, -0.15) is 0 Å². The van der Waals surface area contributed by atoms with Crippen molar-refractivity contribution in [3.8, 4) is 0 Å². The maximum atomic E-state index is 5.07. The van der Waals surface area contributed by atoms with E-state index in [1.165, 1.54) is 11.1 Å². The van der Waals surface area contributed by atoms with Crippen LogP contribution in [0.15, 0.2) is 76.7 Å². The van der Waals surface area contributed by atoms with Crippen LogP contribution >= 0.6 is 0 Å². The summed E-state index contributed by atoms with van der Waals surface area (Å²) in [6, 6.07) is 22.5. The summed E-state index contributed by atoms with van der Waals surface area (Å²) in [6.45, 7) is 12.9. The molecule has 0 saturated carbocycles. The largest absolute Gasteiger partial charge is 0.252 e. The molecule has 0 unspecified atom stereocenters. The zero-order valence-corrected chi connectivity index (χ0v) is 18.8. The molecule has 0 atom stereocenters. The lowest BCUT2D eigenvalue weighted by Gasteiger charge is -2.17. The third-order valence-corrected chi connectivity index (χ3v) is 5.17. The number of aromatic nitrogens is 1. The molecule has 0 bridgehead atoms. The quantitative estimate of drug-likeness (QED) is 0.394. The van der Waals surface area contributed by atoms with Crippen LogP contribution in [0.2, 0.25) is 0 Å². The summed E-state index contributed by atoms with van der Waals surface area (Å²) in [6.07, 6.45) is 0. The Labute approximate surface area is 180 Å². The van der Waals surface area contributed by atoms with E-state index in [1.807, 2.05) is 62.4 Å². The highest BCUT2D eigenvalue weighted by molar-refractivity contribution is 6.02. The van der Waals surface area contributed by atoms with Crippen LogP contribution in [0.3, 0.4) is 0 Å². The van der Waals surface area contributed by atoms with Crippen molar-refractivity contribution in [3.63, 3.8) is 0 Å². The Morgan fingerprint density at radius 1 is 0.633 bits per heavy atom. The molecular weight excluding hydrogens is 366 g/mol. The molecule has 0 radical (unpaired) electrons. The molecule has 3 aromatic rings. The Bertz CT molecular complexity index is 1030. The number of nitrogens with zero attached hydrogens (tertiary/aromatic N) is 3. The highest BCUT2D eigenvalue weighted by atomic mass is 14.8. The van der Waals surface area contributed by atoms with Gasteiger partial charge < -0.3 is 0 Å². The normalized spacial score (nSPS) is 12.7. The summed E-state index contributed by atoms with van der Waals surface area (Å²) < 4.78 is 0. The van der Waals surface area contributed by atoms with E-state index in [2.05, 4.69) is 45.9 Å². The number of hydrogen-bond donors (Lipinski definition) is 0. The monoisotopic (exact) mass is 397 g/mol. The average molecular weight is 398 g/mol. The van der Waals surface area contributed by atoms with Crippen LogP contribution in [0.5, 0.6) is 0 Å². The van der Waals surface area contributed by atoms with Gasteiger partial charge in [0.2, 0.25) is 0 Å².